The standard InChI is InChI=1S/C68H129NO5/c1-3-5-7-9-11-13-15-17-19-21-22-23-24-25-26-29-32-36-40-44-48-52-56-60-66(71)65(64-70)69-67(72)61-57-53-49-45-41-37-33-30-27-28-31-35-39-43-47-51-55-59-63-74-68(73)62-58-54-50-46-42-38-34-20-18-16-14-12-10-8-6-4-2/h20,30,33-34,56,60,65-66,70-71H,3-19,21-29,31-32,35-55,57-59,61-64H2,1-2H3,(H,69,72)/b33-30-,34-20-,60-56+. The summed E-state index contributed by atoms with van der Waals surface area (Å²) < 4.78 is 5.48. The third-order valence-electron chi connectivity index (χ3n) is 15.4. The lowest BCUT2D eigenvalue weighted by atomic mass is 10.0. The van der Waals surface area contributed by atoms with Crippen molar-refractivity contribution in [1.29, 1.82) is 0 Å². The first-order valence-electron chi connectivity index (χ1n) is 33.3. The number of hydrogen-bond acceptors (Lipinski definition) is 5. The van der Waals surface area contributed by atoms with Gasteiger partial charge in [0.1, 0.15) is 0 Å². The van der Waals surface area contributed by atoms with Gasteiger partial charge in [-0.3, -0.25) is 9.59 Å². The van der Waals surface area contributed by atoms with Crippen molar-refractivity contribution in [3.8, 4) is 0 Å². The lowest BCUT2D eigenvalue weighted by Crippen LogP contribution is -2.45. The number of unbranched alkanes of at least 4 members (excludes halogenated alkanes) is 47. The number of esters is 1. The molecule has 74 heavy (non-hydrogen) atoms. The Morgan fingerprint density at radius 1 is 0.365 bits per heavy atom. The first-order chi connectivity index (χ1) is 36.5. The second-order valence-corrected chi connectivity index (χ2v) is 22.8. The van der Waals surface area contributed by atoms with E-state index in [4.69, 9.17) is 4.74 Å². The van der Waals surface area contributed by atoms with Gasteiger partial charge in [-0.25, -0.2) is 0 Å². The molecule has 0 spiro atoms. The van der Waals surface area contributed by atoms with Crippen LogP contribution in [0.25, 0.3) is 0 Å². The fourth-order valence-corrected chi connectivity index (χ4v) is 10.3. The van der Waals surface area contributed by atoms with Crippen LogP contribution >= 0.6 is 0 Å². The maximum absolute atomic E-state index is 12.5. The highest BCUT2D eigenvalue weighted by Crippen LogP contribution is 2.18. The van der Waals surface area contributed by atoms with E-state index in [1.807, 2.05) is 6.08 Å². The Bertz CT molecular complexity index is 1200. The molecule has 0 saturated carbocycles. The van der Waals surface area contributed by atoms with Crippen LogP contribution in [0.3, 0.4) is 0 Å². The van der Waals surface area contributed by atoms with Gasteiger partial charge in [-0.05, 0) is 83.5 Å². The molecule has 0 saturated heterocycles. The van der Waals surface area contributed by atoms with Gasteiger partial charge in [0.2, 0.25) is 5.91 Å². The van der Waals surface area contributed by atoms with Crippen LogP contribution in [-0.4, -0.2) is 47.4 Å². The van der Waals surface area contributed by atoms with Gasteiger partial charge in [-0.1, -0.05) is 301 Å². The summed E-state index contributed by atoms with van der Waals surface area (Å²) in [5.74, 6) is -0.0841. The Morgan fingerprint density at radius 2 is 0.635 bits per heavy atom. The van der Waals surface area contributed by atoms with Gasteiger partial charge in [-0.15, -0.1) is 0 Å². The largest absolute Gasteiger partial charge is 0.466 e. The van der Waals surface area contributed by atoms with E-state index in [1.165, 1.54) is 270 Å². The number of carbonyl (C=O) groups is 2. The lowest BCUT2D eigenvalue weighted by Gasteiger charge is -2.20. The van der Waals surface area contributed by atoms with Crippen LogP contribution in [0.1, 0.15) is 361 Å². The molecule has 0 aromatic carbocycles. The maximum atomic E-state index is 12.5. The fraction of sp³-hybridized carbons (Fsp3) is 0.882. The molecule has 0 aliphatic carbocycles. The molecular formula is C68H129NO5. The van der Waals surface area contributed by atoms with E-state index in [0.29, 0.717) is 19.4 Å². The number of carbonyl (C=O) groups excluding carboxylic acids is 2. The van der Waals surface area contributed by atoms with Crippen LogP contribution in [0, 0.1) is 0 Å². The van der Waals surface area contributed by atoms with Crippen LogP contribution < -0.4 is 5.32 Å². The quantitative estimate of drug-likeness (QED) is 0.0320. The Balaban J connectivity index is 3.48. The maximum Gasteiger partial charge on any atom is 0.305 e. The van der Waals surface area contributed by atoms with Gasteiger partial charge in [-0.2, -0.15) is 0 Å². The molecule has 0 radical (unpaired) electrons. The zero-order valence-corrected chi connectivity index (χ0v) is 49.8. The lowest BCUT2D eigenvalue weighted by molar-refractivity contribution is -0.143. The second kappa shape index (κ2) is 63.6. The highest BCUT2D eigenvalue weighted by Gasteiger charge is 2.18. The average Bonchev–Trinajstić information content (AvgIpc) is 3.40. The van der Waals surface area contributed by atoms with Crippen LogP contribution in [0.5, 0.6) is 0 Å². The van der Waals surface area contributed by atoms with E-state index in [1.54, 1.807) is 6.08 Å². The molecule has 0 aromatic rings. The van der Waals surface area contributed by atoms with Gasteiger partial charge in [0.05, 0.1) is 25.4 Å². The molecule has 2 unspecified atom stereocenters. The van der Waals surface area contributed by atoms with Crippen LogP contribution in [0.2, 0.25) is 0 Å². The third kappa shape index (κ3) is 59.3. The Labute approximate surface area is 462 Å². The van der Waals surface area contributed by atoms with Crippen molar-refractivity contribution in [1.82, 2.24) is 5.32 Å². The second-order valence-electron chi connectivity index (χ2n) is 22.8. The minimum absolute atomic E-state index is 0.00476. The average molecular weight is 1040 g/mol. The number of aliphatic hydroxyl groups is 2. The fourth-order valence-electron chi connectivity index (χ4n) is 10.3. The highest BCUT2D eigenvalue weighted by molar-refractivity contribution is 5.76. The highest BCUT2D eigenvalue weighted by atomic mass is 16.5. The van der Waals surface area contributed by atoms with Crippen LogP contribution in [-0.2, 0) is 14.3 Å². The number of amides is 1. The summed E-state index contributed by atoms with van der Waals surface area (Å²) in [7, 11) is 0. The van der Waals surface area contributed by atoms with Gasteiger partial charge < -0.3 is 20.3 Å². The van der Waals surface area contributed by atoms with Crippen molar-refractivity contribution in [3.05, 3.63) is 36.5 Å². The predicted molar refractivity (Wildman–Crippen MR) is 324 cm³/mol. The topological polar surface area (TPSA) is 95.9 Å². The van der Waals surface area contributed by atoms with Crippen molar-refractivity contribution >= 4 is 11.9 Å². The van der Waals surface area contributed by atoms with E-state index in [-0.39, 0.29) is 18.5 Å². The van der Waals surface area contributed by atoms with Crippen LogP contribution in [0.15, 0.2) is 36.5 Å². The van der Waals surface area contributed by atoms with E-state index < -0.39 is 12.1 Å². The molecule has 0 aromatic heterocycles. The Kier molecular flexibility index (Phi) is 62.0. The predicted octanol–water partition coefficient (Wildman–Crippen LogP) is 21.1. The van der Waals surface area contributed by atoms with E-state index in [9.17, 15) is 19.8 Å². The number of hydrogen-bond donors (Lipinski definition) is 3. The summed E-state index contributed by atoms with van der Waals surface area (Å²) in [6, 6.07) is -0.640. The number of allylic oxidation sites excluding steroid dienone is 5. The molecule has 436 valence electrons. The zero-order valence-electron chi connectivity index (χ0n) is 49.8. The third-order valence-corrected chi connectivity index (χ3v) is 15.4. The Hall–Kier alpha value is -1.92. The molecule has 0 rings (SSSR count). The summed E-state index contributed by atoms with van der Waals surface area (Å²) in [5, 5.41) is 23.2. The molecule has 0 aliphatic heterocycles. The molecule has 0 heterocycles. The number of ether oxygens (including phenoxy) is 1. The molecule has 2 atom stereocenters. The number of rotatable bonds is 62. The van der Waals surface area contributed by atoms with Gasteiger partial charge in [0, 0.05) is 12.8 Å². The molecule has 1 amide bonds. The molecule has 0 aliphatic rings. The Morgan fingerprint density at radius 3 is 0.959 bits per heavy atom. The summed E-state index contributed by atoms with van der Waals surface area (Å²) in [6.45, 7) is 4.91. The number of nitrogens with one attached hydrogen (secondary N) is 1. The monoisotopic (exact) mass is 1040 g/mol. The first-order valence-corrected chi connectivity index (χ1v) is 33.3. The zero-order chi connectivity index (χ0) is 53.6. The van der Waals surface area contributed by atoms with Gasteiger partial charge >= 0.3 is 5.97 Å². The summed E-state index contributed by atoms with van der Waals surface area (Å²) in [6.07, 6.45) is 80.5. The van der Waals surface area contributed by atoms with Crippen molar-refractivity contribution in [2.45, 2.75) is 373 Å². The van der Waals surface area contributed by atoms with Crippen molar-refractivity contribution in [2.75, 3.05) is 13.2 Å². The summed E-state index contributed by atoms with van der Waals surface area (Å²) in [4.78, 5) is 24.6. The first kappa shape index (κ1) is 72.1. The molecule has 0 bridgehead atoms. The minimum Gasteiger partial charge on any atom is -0.466 e. The summed E-state index contributed by atoms with van der Waals surface area (Å²) in [5.41, 5.74) is 0. The van der Waals surface area contributed by atoms with Crippen LogP contribution in [0.4, 0.5) is 0 Å². The van der Waals surface area contributed by atoms with E-state index in [0.717, 1.165) is 64.2 Å². The van der Waals surface area contributed by atoms with E-state index in [2.05, 4.69) is 43.5 Å². The minimum atomic E-state index is -0.855. The SMILES string of the molecule is CCCCCCCCC/C=C\CCCCCCCC(=O)OCCCCCCCCCCC/C=C\CCCCCCCC(=O)NC(CO)C(O)/C=C/CCCCCCCCCCCCCCCCCCCCCCC. The van der Waals surface area contributed by atoms with Gasteiger partial charge in [0.15, 0.2) is 0 Å². The molecule has 0 fully saturated rings. The normalized spacial score (nSPS) is 12.8. The molecular weight excluding hydrogens is 911 g/mol. The molecule has 6 nitrogen and oxygen atoms in total. The molecule has 3 N–H and O–H groups in total. The van der Waals surface area contributed by atoms with E-state index >= 15 is 0 Å². The van der Waals surface area contributed by atoms with Gasteiger partial charge in [0.25, 0.3) is 0 Å². The van der Waals surface area contributed by atoms with Crippen molar-refractivity contribution < 1.29 is 24.5 Å². The van der Waals surface area contributed by atoms with Crippen molar-refractivity contribution in [2.24, 2.45) is 0 Å². The van der Waals surface area contributed by atoms with Crippen molar-refractivity contribution in [3.63, 3.8) is 0 Å². The summed E-state index contributed by atoms with van der Waals surface area (Å²) >= 11 is 0. The smallest absolute Gasteiger partial charge is 0.305 e. The number of aliphatic hydroxyl groups excluding tert-OH is 2. The molecule has 6 heteroatoms.